The van der Waals surface area contributed by atoms with E-state index < -0.39 is 0 Å². The fourth-order valence-corrected chi connectivity index (χ4v) is 1.86. The first-order valence-corrected chi connectivity index (χ1v) is 6.18. The number of fused-ring (bicyclic) bond motifs is 1. The Morgan fingerprint density at radius 3 is 2.75 bits per heavy atom. The molecule has 0 bridgehead atoms. The van der Waals surface area contributed by atoms with E-state index in [0.29, 0.717) is 23.7 Å². The van der Waals surface area contributed by atoms with Crippen molar-refractivity contribution in [3.8, 4) is 11.5 Å². The summed E-state index contributed by atoms with van der Waals surface area (Å²) in [5.74, 6) is 0.895. The first-order chi connectivity index (χ1) is 9.83. The van der Waals surface area contributed by atoms with Gasteiger partial charge in [0.15, 0.2) is 11.5 Å². The van der Waals surface area contributed by atoms with Gasteiger partial charge in [-0.05, 0) is 23.8 Å². The third kappa shape index (κ3) is 2.73. The van der Waals surface area contributed by atoms with Gasteiger partial charge in [-0.3, -0.25) is 9.63 Å². The van der Waals surface area contributed by atoms with Crippen molar-refractivity contribution in [2.75, 3.05) is 6.79 Å². The van der Waals surface area contributed by atoms with E-state index in [1.54, 1.807) is 18.2 Å². The first kappa shape index (κ1) is 12.5. The van der Waals surface area contributed by atoms with Gasteiger partial charge in [0, 0.05) is 5.56 Å². The van der Waals surface area contributed by atoms with Gasteiger partial charge in [-0.2, -0.15) is 0 Å². The summed E-state index contributed by atoms with van der Waals surface area (Å²) in [4.78, 5) is 17.1. The molecule has 1 heterocycles. The molecule has 0 saturated heterocycles. The molecule has 1 aliphatic rings. The number of rotatable bonds is 4. The number of amides is 1. The van der Waals surface area contributed by atoms with Crippen LogP contribution < -0.4 is 15.0 Å². The van der Waals surface area contributed by atoms with Crippen LogP contribution in [0.25, 0.3) is 0 Å². The van der Waals surface area contributed by atoms with E-state index in [4.69, 9.17) is 14.3 Å². The third-order valence-electron chi connectivity index (χ3n) is 2.88. The van der Waals surface area contributed by atoms with Gasteiger partial charge >= 0.3 is 0 Å². The predicted molar refractivity (Wildman–Crippen MR) is 71.3 cm³/mol. The fraction of sp³-hybridized carbons (Fsp3) is 0.133. The van der Waals surface area contributed by atoms with Crippen molar-refractivity contribution in [1.82, 2.24) is 5.48 Å². The van der Waals surface area contributed by atoms with Crippen LogP contribution in [0.3, 0.4) is 0 Å². The summed E-state index contributed by atoms with van der Waals surface area (Å²) in [5, 5.41) is 0. The molecule has 0 fully saturated rings. The van der Waals surface area contributed by atoms with Crippen molar-refractivity contribution in [3.63, 3.8) is 0 Å². The molecule has 2 aromatic carbocycles. The first-order valence-electron chi connectivity index (χ1n) is 6.18. The summed E-state index contributed by atoms with van der Waals surface area (Å²) in [5.41, 5.74) is 3.85. The van der Waals surface area contributed by atoms with E-state index >= 15 is 0 Å². The van der Waals surface area contributed by atoms with Gasteiger partial charge in [0.1, 0.15) is 0 Å². The second-order valence-corrected chi connectivity index (χ2v) is 4.27. The minimum absolute atomic E-state index is 0.185. The highest BCUT2D eigenvalue weighted by Gasteiger charge is 2.16. The molecule has 2 aromatic rings. The van der Waals surface area contributed by atoms with Crippen LogP contribution in [0.5, 0.6) is 11.5 Å². The van der Waals surface area contributed by atoms with E-state index in [1.165, 1.54) is 0 Å². The molecule has 0 radical (unpaired) electrons. The van der Waals surface area contributed by atoms with Crippen molar-refractivity contribution >= 4 is 5.91 Å². The summed E-state index contributed by atoms with van der Waals surface area (Å²) in [6.07, 6.45) is 0. The zero-order valence-electron chi connectivity index (χ0n) is 10.7. The van der Waals surface area contributed by atoms with E-state index in [2.05, 4.69) is 5.48 Å². The summed E-state index contributed by atoms with van der Waals surface area (Å²) < 4.78 is 10.4. The molecule has 5 heteroatoms. The van der Waals surface area contributed by atoms with Crippen LogP contribution in [0, 0.1) is 0 Å². The molecule has 1 amide bonds. The van der Waals surface area contributed by atoms with Crippen molar-refractivity contribution in [2.45, 2.75) is 6.61 Å². The second-order valence-electron chi connectivity index (χ2n) is 4.27. The van der Waals surface area contributed by atoms with Crippen LogP contribution in [0.2, 0.25) is 0 Å². The van der Waals surface area contributed by atoms with Gasteiger partial charge < -0.3 is 9.47 Å². The highest BCUT2D eigenvalue weighted by Crippen LogP contribution is 2.32. The van der Waals surface area contributed by atoms with Gasteiger partial charge in [-0.1, -0.05) is 30.3 Å². The molecule has 5 nitrogen and oxygen atoms in total. The number of hydrogen-bond donors (Lipinski definition) is 1. The smallest absolute Gasteiger partial charge is 0.274 e. The SMILES string of the molecule is O=C(NOCc1ccccc1)c1ccc2c(c1)OCO2. The summed E-state index contributed by atoms with van der Waals surface area (Å²) >= 11 is 0. The lowest BCUT2D eigenvalue weighted by Gasteiger charge is -2.06. The minimum Gasteiger partial charge on any atom is -0.454 e. The monoisotopic (exact) mass is 271 g/mol. The number of hydroxylamine groups is 1. The number of ether oxygens (including phenoxy) is 2. The van der Waals surface area contributed by atoms with Crippen molar-refractivity contribution in [1.29, 1.82) is 0 Å². The predicted octanol–water partition coefficient (Wildman–Crippen LogP) is 2.28. The average molecular weight is 271 g/mol. The lowest BCUT2D eigenvalue weighted by molar-refractivity contribution is 0.0233. The number of carbonyl (C=O) groups is 1. The molecule has 0 saturated carbocycles. The Bertz CT molecular complexity index is 613. The van der Waals surface area contributed by atoms with Crippen molar-refractivity contribution in [3.05, 3.63) is 59.7 Å². The van der Waals surface area contributed by atoms with Crippen LogP contribution in [0.4, 0.5) is 0 Å². The number of hydrogen-bond acceptors (Lipinski definition) is 4. The maximum absolute atomic E-state index is 11.9. The average Bonchev–Trinajstić information content (AvgIpc) is 2.95. The standard InChI is InChI=1S/C15H13NO4/c17-15(16-20-9-11-4-2-1-3-5-11)12-6-7-13-14(8-12)19-10-18-13/h1-8H,9-10H2,(H,16,17). The lowest BCUT2D eigenvalue weighted by atomic mass is 10.2. The minimum atomic E-state index is -0.320. The van der Waals surface area contributed by atoms with Gasteiger partial charge in [0.2, 0.25) is 6.79 Å². The summed E-state index contributed by atoms with van der Waals surface area (Å²) in [7, 11) is 0. The van der Waals surface area contributed by atoms with E-state index in [1.807, 2.05) is 30.3 Å². The van der Waals surface area contributed by atoms with Crippen molar-refractivity contribution < 1.29 is 19.1 Å². The Morgan fingerprint density at radius 1 is 1.10 bits per heavy atom. The van der Waals surface area contributed by atoms with Crippen LogP contribution in [-0.4, -0.2) is 12.7 Å². The molecule has 0 unspecified atom stereocenters. The zero-order chi connectivity index (χ0) is 13.8. The van der Waals surface area contributed by atoms with Crippen LogP contribution in [0.15, 0.2) is 48.5 Å². The van der Waals surface area contributed by atoms with E-state index in [9.17, 15) is 4.79 Å². The summed E-state index contributed by atoms with van der Waals surface area (Å²) in [6.45, 7) is 0.502. The quantitative estimate of drug-likeness (QED) is 0.867. The highest BCUT2D eigenvalue weighted by molar-refractivity contribution is 5.94. The van der Waals surface area contributed by atoms with Crippen LogP contribution in [0.1, 0.15) is 15.9 Å². The van der Waals surface area contributed by atoms with Gasteiger partial charge in [-0.15, -0.1) is 0 Å². The molecular formula is C15H13NO4. The Balaban J connectivity index is 1.57. The largest absolute Gasteiger partial charge is 0.454 e. The molecule has 0 spiro atoms. The maximum atomic E-state index is 11.9. The van der Waals surface area contributed by atoms with Crippen molar-refractivity contribution in [2.24, 2.45) is 0 Å². The van der Waals surface area contributed by atoms with E-state index in [0.717, 1.165) is 5.56 Å². The molecular weight excluding hydrogens is 258 g/mol. The maximum Gasteiger partial charge on any atom is 0.274 e. The van der Waals surface area contributed by atoms with Gasteiger partial charge in [0.05, 0.1) is 6.61 Å². The Morgan fingerprint density at radius 2 is 1.90 bits per heavy atom. The highest BCUT2D eigenvalue weighted by atomic mass is 16.7. The van der Waals surface area contributed by atoms with Crippen LogP contribution in [-0.2, 0) is 11.4 Å². The Labute approximate surface area is 116 Å². The van der Waals surface area contributed by atoms with Gasteiger partial charge in [0.25, 0.3) is 5.91 Å². The molecule has 0 aromatic heterocycles. The third-order valence-corrected chi connectivity index (χ3v) is 2.88. The fourth-order valence-electron chi connectivity index (χ4n) is 1.86. The van der Waals surface area contributed by atoms with Gasteiger partial charge in [-0.25, -0.2) is 5.48 Å². The number of nitrogens with one attached hydrogen (secondary N) is 1. The molecule has 20 heavy (non-hydrogen) atoms. The van der Waals surface area contributed by atoms with Crippen LogP contribution >= 0.6 is 0 Å². The lowest BCUT2D eigenvalue weighted by Crippen LogP contribution is -2.23. The molecule has 0 aliphatic carbocycles. The number of benzene rings is 2. The molecule has 102 valence electrons. The second kappa shape index (κ2) is 5.63. The summed E-state index contributed by atoms with van der Waals surface area (Å²) in [6, 6.07) is 14.6. The zero-order valence-corrected chi connectivity index (χ0v) is 10.7. The molecule has 0 atom stereocenters. The Hall–Kier alpha value is -2.53. The molecule has 1 N–H and O–H groups in total. The topological polar surface area (TPSA) is 56.8 Å². The molecule has 3 rings (SSSR count). The number of carbonyl (C=O) groups excluding carboxylic acids is 1. The normalized spacial score (nSPS) is 12.2. The molecule has 1 aliphatic heterocycles. The van der Waals surface area contributed by atoms with E-state index in [-0.39, 0.29) is 12.7 Å². The Kier molecular flexibility index (Phi) is 3.52.